The average Bonchev–Trinajstić information content (AvgIpc) is 2.05. The van der Waals surface area contributed by atoms with Gasteiger partial charge in [-0.3, -0.25) is 4.90 Å². The predicted octanol–water partition coefficient (Wildman–Crippen LogP) is 1.98. The van der Waals surface area contributed by atoms with Gasteiger partial charge in [0.25, 0.3) is 0 Å². The minimum absolute atomic E-state index is 0.105. The molecule has 1 heterocycles. The first-order chi connectivity index (χ1) is 5.29. The molecule has 0 radical (unpaired) electrons. The summed E-state index contributed by atoms with van der Waals surface area (Å²) in [4.78, 5) is 1.10. The molecule has 0 aromatic carbocycles. The minimum atomic E-state index is -4.21. The number of rotatable bonds is 1. The van der Waals surface area contributed by atoms with Crippen LogP contribution in [0.1, 0.15) is 13.3 Å². The van der Waals surface area contributed by atoms with Gasteiger partial charge >= 0.3 is 6.18 Å². The summed E-state index contributed by atoms with van der Waals surface area (Å²) >= 11 is 0. The van der Waals surface area contributed by atoms with Crippen LogP contribution in [0.25, 0.3) is 0 Å². The third kappa shape index (κ3) is 2.97. The van der Waals surface area contributed by atoms with Crippen LogP contribution < -0.4 is 0 Å². The van der Waals surface area contributed by atoms with Gasteiger partial charge in [0.05, 0.1) is 6.54 Å². The monoisotopic (exact) mass is 185 g/mol. The molecule has 0 aromatic heterocycles. The molecule has 0 N–H and O–H groups in total. The molecular weight excluding hydrogens is 174 g/mol. The van der Waals surface area contributed by atoms with E-state index in [9.17, 15) is 17.6 Å². The largest absolute Gasteiger partial charge is 0.401 e. The minimum Gasteiger partial charge on any atom is -0.292 e. The van der Waals surface area contributed by atoms with E-state index in [1.165, 1.54) is 6.92 Å². The lowest BCUT2D eigenvalue weighted by Crippen LogP contribution is -2.34. The first kappa shape index (κ1) is 9.77. The maximum absolute atomic E-state index is 13.0. The van der Waals surface area contributed by atoms with Crippen LogP contribution in [0.15, 0.2) is 0 Å². The predicted molar refractivity (Wildman–Crippen MR) is 36.6 cm³/mol. The van der Waals surface area contributed by atoms with Gasteiger partial charge in [0.15, 0.2) is 0 Å². The zero-order valence-electron chi connectivity index (χ0n) is 6.79. The van der Waals surface area contributed by atoms with E-state index in [1.54, 1.807) is 0 Å². The van der Waals surface area contributed by atoms with E-state index in [2.05, 4.69) is 0 Å². The molecule has 72 valence electrons. The van der Waals surface area contributed by atoms with Crippen LogP contribution in [-0.2, 0) is 0 Å². The lowest BCUT2D eigenvalue weighted by Gasteiger charge is -2.18. The molecule has 0 aromatic rings. The summed E-state index contributed by atoms with van der Waals surface area (Å²) in [5, 5.41) is 0. The average molecular weight is 185 g/mol. The van der Waals surface area contributed by atoms with Gasteiger partial charge in [-0.25, -0.2) is 4.39 Å². The summed E-state index contributed by atoms with van der Waals surface area (Å²) in [7, 11) is 0. The summed E-state index contributed by atoms with van der Waals surface area (Å²) in [6.45, 7) is 0.439. The molecule has 1 rings (SSSR count). The Hall–Kier alpha value is -0.320. The summed E-state index contributed by atoms with van der Waals surface area (Å²) < 4.78 is 48.4. The van der Waals surface area contributed by atoms with Gasteiger partial charge in [0, 0.05) is 13.1 Å². The van der Waals surface area contributed by atoms with Crippen molar-refractivity contribution in [3.63, 3.8) is 0 Å². The Morgan fingerprint density at radius 2 is 2.00 bits per heavy atom. The molecule has 1 aliphatic rings. The van der Waals surface area contributed by atoms with E-state index < -0.39 is 18.4 Å². The summed E-state index contributed by atoms with van der Waals surface area (Å²) in [6, 6.07) is 0. The number of halogens is 4. The smallest absolute Gasteiger partial charge is 0.292 e. The SMILES string of the molecule is CC1(F)CCN(CC(F)(F)F)C1. The maximum Gasteiger partial charge on any atom is 0.401 e. The Balaban J connectivity index is 2.39. The summed E-state index contributed by atoms with van der Waals surface area (Å²) in [5.41, 5.74) is -1.44. The zero-order chi connectivity index (χ0) is 9.41. The molecule has 0 saturated carbocycles. The lowest BCUT2D eigenvalue weighted by atomic mass is 10.1. The van der Waals surface area contributed by atoms with Crippen molar-refractivity contribution < 1.29 is 17.6 Å². The molecule has 1 fully saturated rings. The molecular formula is C7H11F4N. The van der Waals surface area contributed by atoms with Crippen molar-refractivity contribution in [1.82, 2.24) is 4.90 Å². The van der Waals surface area contributed by atoms with Crippen molar-refractivity contribution in [1.29, 1.82) is 0 Å². The zero-order valence-corrected chi connectivity index (χ0v) is 6.79. The number of likely N-dealkylation sites (tertiary alicyclic amines) is 1. The first-order valence-corrected chi connectivity index (χ1v) is 3.77. The van der Waals surface area contributed by atoms with E-state index in [0.29, 0.717) is 0 Å². The molecule has 1 saturated heterocycles. The highest BCUT2D eigenvalue weighted by Crippen LogP contribution is 2.27. The highest BCUT2D eigenvalue weighted by Gasteiger charge is 2.39. The first-order valence-electron chi connectivity index (χ1n) is 3.77. The van der Waals surface area contributed by atoms with Crippen molar-refractivity contribution in [2.24, 2.45) is 0 Å². The van der Waals surface area contributed by atoms with Crippen LogP contribution in [-0.4, -0.2) is 36.4 Å². The van der Waals surface area contributed by atoms with E-state index in [1.807, 2.05) is 0 Å². The number of hydrogen-bond acceptors (Lipinski definition) is 1. The van der Waals surface area contributed by atoms with Crippen LogP contribution in [0.3, 0.4) is 0 Å². The summed E-state index contributed by atoms with van der Waals surface area (Å²) in [5.74, 6) is 0. The van der Waals surface area contributed by atoms with E-state index in [0.717, 1.165) is 4.90 Å². The third-order valence-electron chi connectivity index (χ3n) is 1.91. The van der Waals surface area contributed by atoms with Gasteiger partial charge in [-0.05, 0) is 13.3 Å². The Morgan fingerprint density at radius 1 is 1.42 bits per heavy atom. The van der Waals surface area contributed by atoms with Crippen LogP contribution in [0.5, 0.6) is 0 Å². The Labute approximate surface area is 68.3 Å². The second-order valence-electron chi connectivity index (χ2n) is 3.49. The van der Waals surface area contributed by atoms with E-state index >= 15 is 0 Å². The van der Waals surface area contributed by atoms with Gasteiger partial charge in [0.1, 0.15) is 5.67 Å². The second kappa shape index (κ2) is 2.87. The Kier molecular flexibility index (Phi) is 2.33. The van der Waals surface area contributed by atoms with Gasteiger partial charge in [-0.1, -0.05) is 0 Å². The molecule has 1 aliphatic heterocycles. The molecule has 0 aliphatic carbocycles. The van der Waals surface area contributed by atoms with Crippen molar-refractivity contribution in [2.45, 2.75) is 25.2 Å². The molecule has 5 heteroatoms. The summed E-state index contributed by atoms with van der Waals surface area (Å²) in [6.07, 6.45) is -4.01. The highest BCUT2D eigenvalue weighted by atomic mass is 19.4. The lowest BCUT2D eigenvalue weighted by molar-refractivity contribution is -0.144. The molecule has 1 nitrogen and oxygen atoms in total. The fraction of sp³-hybridized carbons (Fsp3) is 1.00. The standard InChI is InChI=1S/C7H11F4N/c1-6(8)2-3-12(4-6)5-7(9,10)11/h2-5H2,1H3. The quantitative estimate of drug-likeness (QED) is 0.564. The maximum atomic E-state index is 13.0. The van der Waals surface area contributed by atoms with Crippen molar-refractivity contribution in [3.8, 4) is 0 Å². The highest BCUT2D eigenvalue weighted by molar-refractivity contribution is 4.87. The normalized spacial score (nSPS) is 32.8. The van der Waals surface area contributed by atoms with Crippen molar-refractivity contribution in [3.05, 3.63) is 0 Å². The molecule has 0 amide bonds. The van der Waals surface area contributed by atoms with Crippen LogP contribution in [0.4, 0.5) is 17.6 Å². The number of hydrogen-bond donors (Lipinski definition) is 0. The van der Waals surface area contributed by atoms with Gasteiger partial charge < -0.3 is 0 Å². The molecule has 0 spiro atoms. The van der Waals surface area contributed by atoms with Gasteiger partial charge in [0.2, 0.25) is 0 Å². The van der Waals surface area contributed by atoms with Crippen LogP contribution in [0, 0.1) is 0 Å². The van der Waals surface area contributed by atoms with Crippen LogP contribution >= 0.6 is 0 Å². The second-order valence-corrected chi connectivity index (χ2v) is 3.49. The molecule has 1 unspecified atom stereocenters. The fourth-order valence-corrected chi connectivity index (χ4v) is 1.40. The fourth-order valence-electron chi connectivity index (χ4n) is 1.40. The van der Waals surface area contributed by atoms with Gasteiger partial charge in [-0.2, -0.15) is 13.2 Å². The van der Waals surface area contributed by atoms with Crippen LogP contribution in [0.2, 0.25) is 0 Å². The number of alkyl halides is 4. The van der Waals surface area contributed by atoms with Gasteiger partial charge in [-0.15, -0.1) is 0 Å². The Bertz CT molecular complexity index is 163. The van der Waals surface area contributed by atoms with E-state index in [4.69, 9.17) is 0 Å². The molecule has 0 bridgehead atoms. The molecule has 1 atom stereocenters. The third-order valence-corrected chi connectivity index (χ3v) is 1.91. The van der Waals surface area contributed by atoms with Crippen molar-refractivity contribution >= 4 is 0 Å². The molecule has 12 heavy (non-hydrogen) atoms. The van der Waals surface area contributed by atoms with E-state index in [-0.39, 0.29) is 19.5 Å². The topological polar surface area (TPSA) is 3.24 Å². The van der Waals surface area contributed by atoms with Crippen molar-refractivity contribution in [2.75, 3.05) is 19.6 Å². The number of nitrogens with zero attached hydrogens (tertiary/aromatic N) is 1. The Morgan fingerprint density at radius 3 is 2.33 bits per heavy atom.